The summed E-state index contributed by atoms with van der Waals surface area (Å²) in [4.78, 5) is 34.6. The highest BCUT2D eigenvalue weighted by Crippen LogP contribution is 2.22. The number of anilines is 1. The monoisotopic (exact) mass is 514 g/mol. The third kappa shape index (κ3) is 6.94. The van der Waals surface area contributed by atoms with Crippen molar-refractivity contribution < 1.29 is 23.6 Å². The Morgan fingerprint density at radius 2 is 1.88 bits per heavy atom. The molecule has 3 aromatic carbocycles. The molecule has 0 aliphatic rings. The van der Waals surface area contributed by atoms with E-state index < -0.39 is 22.6 Å². The number of hydrogen-bond acceptors (Lipinski definition) is 6. The number of ether oxygens (including phenoxy) is 1. The minimum atomic E-state index is -0.633. The van der Waals surface area contributed by atoms with Crippen molar-refractivity contribution in [3.05, 3.63) is 98.3 Å². The summed E-state index contributed by atoms with van der Waals surface area (Å²) in [6, 6.07) is 15.5. The van der Waals surface area contributed by atoms with Crippen molar-refractivity contribution in [2.45, 2.75) is 0 Å². The van der Waals surface area contributed by atoms with E-state index in [1.165, 1.54) is 48.7 Å². The van der Waals surface area contributed by atoms with Crippen LogP contribution in [0.3, 0.4) is 0 Å². The van der Waals surface area contributed by atoms with Gasteiger partial charge in [-0.05, 0) is 48.5 Å². The van der Waals surface area contributed by atoms with Crippen LogP contribution in [0.15, 0.2) is 76.3 Å². The van der Waals surface area contributed by atoms with Crippen LogP contribution in [0, 0.1) is 15.9 Å². The van der Waals surface area contributed by atoms with Crippen molar-refractivity contribution in [2.75, 3.05) is 11.9 Å². The SMILES string of the molecule is O=C(COc1ccc(Br)cc1/C=N/NC(=O)c1cccc([N+](=O)[O-])c1)Nc1ccc(F)cc1. The van der Waals surface area contributed by atoms with Gasteiger partial charge in [0, 0.05) is 33.4 Å². The van der Waals surface area contributed by atoms with Gasteiger partial charge < -0.3 is 10.1 Å². The minimum absolute atomic E-state index is 0.0736. The maximum Gasteiger partial charge on any atom is 0.271 e. The van der Waals surface area contributed by atoms with Gasteiger partial charge in [0.05, 0.1) is 11.1 Å². The molecule has 3 rings (SSSR count). The predicted molar refractivity (Wildman–Crippen MR) is 123 cm³/mol. The lowest BCUT2D eigenvalue weighted by atomic mass is 10.2. The summed E-state index contributed by atoms with van der Waals surface area (Å²) in [5, 5.41) is 17.3. The van der Waals surface area contributed by atoms with E-state index in [-0.39, 0.29) is 17.9 Å². The third-order valence-electron chi connectivity index (χ3n) is 4.15. The van der Waals surface area contributed by atoms with Gasteiger partial charge in [0.2, 0.25) is 0 Å². The number of non-ortho nitro benzene ring substituents is 1. The van der Waals surface area contributed by atoms with Gasteiger partial charge in [0.25, 0.3) is 17.5 Å². The van der Waals surface area contributed by atoms with Crippen LogP contribution in [-0.2, 0) is 4.79 Å². The molecule has 0 spiro atoms. The van der Waals surface area contributed by atoms with E-state index in [9.17, 15) is 24.1 Å². The lowest BCUT2D eigenvalue weighted by Crippen LogP contribution is -2.20. The van der Waals surface area contributed by atoms with Gasteiger partial charge in [-0.3, -0.25) is 19.7 Å². The first-order valence-corrected chi connectivity index (χ1v) is 10.2. The van der Waals surface area contributed by atoms with E-state index in [0.29, 0.717) is 21.5 Å². The molecule has 0 heterocycles. The Bertz CT molecular complexity index is 1220. The molecule has 0 aliphatic carbocycles. The Labute approximate surface area is 195 Å². The molecule has 0 saturated heterocycles. The van der Waals surface area contributed by atoms with E-state index >= 15 is 0 Å². The first-order valence-electron chi connectivity index (χ1n) is 9.37. The summed E-state index contributed by atoms with van der Waals surface area (Å²) in [5.41, 5.74) is 3.03. The zero-order chi connectivity index (χ0) is 23.8. The number of halogens is 2. The van der Waals surface area contributed by atoms with Gasteiger partial charge in [0.15, 0.2) is 6.61 Å². The highest BCUT2D eigenvalue weighted by molar-refractivity contribution is 9.10. The van der Waals surface area contributed by atoms with Crippen molar-refractivity contribution in [2.24, 2.45) is 5.10 Å². The van der Waals surface area contributed by atoms with Crippen LogP contribution < -0.4 is 15.5 Å². The fourth-order valence-electron chi connectivity index (χ4n) is 2.61. The molecule has 33 heavy (non-hydrogen) atoms. The van der Waals surface area contributed by atoms with Crippen molar-refractivity contribution in [3.63, 3.8) is 0 Å². The molecule has 0 unspecified atom stereocenters. The van der Waals surface area contributed by atoms with E-state index in [4.69, 9.17) is 4.74 Å². The maximum absolute atomic E-state index is 13.0. The second-order valence-corrected chi connectivity index (χ2v) is 7.45. The maximum atomic E-state index is 13.0. The lowest BCUT2D eigenvalue weighted by Gasteiger charge is -2.10. The standard InChI is InChI=1S/C22H16BrFN4O5/c23-16-4-9-20(33-13-21(29)26-18-7-5-17(24)6-8-18)15(10-16)12-25-27-22(30)14-2-1-3-19(11-14)28(31)32/h1-12H,13H2,(H,26,29)(H,27,30)/b25-12+. The zero-order valence-corrected chi connectivity index (χ0v) is 18.4. The van der Waals surface area contributed by atoms with Crippen LogP contribution in [0.4, 0.5) is 15.8 Å². The number of hydrogen-bond donors (Lipinski definition) is 2. The molecule has 0 fully saturated rings. The molecule has 9 nitrogen and oxygen atoms in total. The van der Waals surface area contributed by atoms with Gasteiger partial charge in [-0.25, -0.2) is 9.82 Å². The van der Waals surface area contributed by atoms with E-state index in [2.05, 4.69) is 31.8 Å². The van der Waals surface area contributed by atoms with Crippen LogP contribution >= 0.6 is 15.9 Å². The molecule has 0 bridgehead atoms. The molecule has 11 heteroatoms. The number of nitro benzene ring substituents is 1. The molecule has 168 valence electrons. The average molecular weight is 515 g/mol. The second-order valence-electron chi connectivity index (χ2n) is 6.53. The lowest BCUT2D eigenvalue weighted by molar-refractivity contribution is -0.384. The molecule has 0 saturated carbocycles. The van der Waals surface area contributed by atoms with E-state index in [1.807, 2.05) is 0 Å². The minimum Gasteiger partial charge on any atom is -0.483 e. The normalized spacial score (nSPS) is 10.6. The highest BCUT2D eigenvalue weighted by atomic mass is 79.9. The van der Waals surface area contributed by atoms with Gasteiger partial charge in [-0.2, -0.15) is 5.10 Å². The first-order chi connectivity index (χ1) is 15.8. The topological polar surface area (TPSA) is 123 Å². The summed E-state index contributed by atoms with van der Waals surface area (Å²) in [6.07, 6.45) is 1.31. The van der Waals surface area contributed by atoms with Crippen LogP contribution in [0.1, 0.15) is 15.9 Å². The molecule has 2 amide bonds. The Morgan fingerprint density at radius 3 is 2.61 bits per heavy atom. The third-order valence-corrected chi connectivity index (χ3v) is 4.64. The van der Waals surface area contributed by atoms with Crippen LogP contribution in [-0.4, -0.2) is 29.6 Å². The Balaban J connectivity index is 1.63. The number of nitrogens with zero attached hydrogens (tertiary/aromatic N) is 2. The number of hydrazone groups is 1. The molecule has 2 N–H and O–H groups in total. The van der Waals surface area contributed by atoms with Crippen LogP contribution in [0.5, 0.6) is 5.75 Å². The number of rotatable bonds is 8. The van der Waals surface area contributed by atoms with Crippen molar-refractivity contribution in [1.82, 2.24) is 5.43 Å². The number of benzene rings is 3. The average Bonchev–Trinajstić information content (AvgIpc) is 2.80. The van der Waals surface area contributed by atoms with Gasteiger partial charge >= 0.3 is 0 Å². The van der Waals surface area contributed by atoms with E-state index in [1.54, 1.807) is 18.2 Å². The predicted octanol–water partition coefficient (Wildman–Crippen LogP) is 4.28. The van der Waals surface area contributed by atoms with Gasteiger partial charge in [-0.1, -0.05) is 22.0 Å². The van der Waals surface area contributed by atoms with Crippen molar-refractivity contribution in [1.29, 1.82) is 0 Å². The Hall–Kier alpha value is -4.12. The summed E-state index contributed by atoms with van der Waals surface area (Å²) in [7, 11) is 0. The first kappa shape index (κ1) is 23.5. The summed E-state index contributed by atoms with van der Waals surface area (Å²) in [5.74, 6) is -1.18. The Morgan fingerprint density at radius 1 is 1.12 bits per heavy atom. The van der Waals surface area contributed by atoms with Crippen LogP contribution in [0.25, 0.3) is 0 Å². The number of nitrogens with one attached hydrogen (secondary N) is 2. The summed E-state index contributed by atoms with van der Waals surface area (Å²) >= 11 is 3.33. The van der Waals surface area contributed by atoms with Crippen molar-refractivity contribution in [3.8, 4) is 5.75 Å². The van der Waals surface area contributed by atoms with Gasteiger partial charge in [0.1, 0.15) is 11.6 Å². The molecule has 0 aliphatic heterocycles. The fraction of sp³-hybridized carbons (Fsp3) is 0.0455. The number of carbonyl (C=O) groups excluding carboxylic acids is 2. The van der Waals surface area contributed by atoms with Crippen LogP contribution in [0.2, 0.25) is 0 Å². The number of amides is 2. The smallest absolute Gasteiger partial charge is 0.271 e. The summed E-state index contributed by atoms with van der Waals surface area (Å²) < 4.78 is 19.2. The molecule has 0 radical (unpaired) electrons. The quantitative estimate of drug-likeness (QED) is 0.264. The van der Waals surface area contributed by atoms with E-state index in [0.717, 1.165) is 6.07 Å². The zero-order valence-electron chi connectivity index (χ0n) is 16.8. The molecule has 3 aromatic rings. The number of carbonyl (C=O) groups is 2. The van der Waals surface area contributed by atoms with Gasteiger partial charge in [-0.15, -0.1) is 0 Å². The molecule has 0 aromatic heterocycles. The second kappa shape index (κ2) is 11.0. The Kier molecular flexibility index (Phi) is 7.82. The van der Waals surface area contributed by atoms with Crippen molar-refractivity contribution >= 4 is 45.3 Å². The summed E-state index contributed by atoms with van der Waals surface area (Å²) in [6.45, 7) is -0.320. The molecular weight excluding hydrogens is 499 g/mol. The molecular formula is C22H16BrFN4O5. The number of nitro groups is 1. The highest BCUT2D eigenvalue weighted by Gasteiger charge is 2.11. The fourth-order valence-corrected chi connectivity index (χ4v) is 2.99. The largest absolute Gasteiger partial charge is 0.483 e. The molecule has 0 atom stereocenters.